The molecule has 1 aromatic carbocycles. The highest BCUT2D eigenvalue weighted by Crippen LogP contribution is 2.33. The third-order valence-corrected chi connectivity index (χ3v) is 4.94. The van der Waals surface area contributed by atoms with E-state index in [1.54, 1.807) is 19.1 Å². The predicted octanol–water partition coefficient (Wildman–Crippen LogP) is 4.54. The first-order chi connectivity index (χ1) is 15.3. The zero-order chi connectivity index (χ0) is 23.3. The normalized spacial score (nSPS) is 10.6. The number of halogens is 2. The highest BCUT2D eigenvalue weighted by Gasteiger charge is 2.22. The number of aromatic nitrogens is 3. The maximum Gasteiger partial charge on any atom is 0.339 e. The summed E-state index contributed by atoms with van der Waals surface area (Å²) in [5.41, 5.74) is 0.873. The monoisotopic (exact) mass is 476 g/mol. The number of hydrogen-bond donors (Lipinski definition) is 3. The van der Waals surface area contributed by atoms with E-state index in [-0.39, 0.29) is 27.9 Å². The van der Waals surface area contributed by atoms with Crippen LogP contribution in [0.15, 0.2) is 36.5 Å². The summed E-state index contributed by atoms with van der Waals surface area (Å²) in [4.78, 5) is 34.8. The van der Waals surface area contributed by atoms with Crippen LogP contribution in [0.25, 0.3) is 11.3 Å². The van der Waals surface area contributed by atoms with Crippen LogP contribution in [0, 0.1) is 10.1 Å². The average Bonchev–Trinajstić information content (AvgIpc) is 2.76. The topological polar surface area (TPSA) is 143 Å². The van der Waals surface area contributed by atoms with Crippen molar-refractivity contribution < 1.29 is 14.8 Å². The molecule has 10 nitrogen and oxygen atoms in total. The van der Waals surface area contributed by atoms with Crippen molar-refractivity contribution in [3.63, 3.8) is 0 Å². The van der Waals surface area contributed by atoms with Crippen LogP contribution in [0.2, 0.25) is 10.0 Å². The SMILES string of the molecule is CCc1nc(NCCNc2ccc([N+](=O)[O-])cn2)nc(-c2ccc(Cl)cc2Cl)c1C(=O)O. The molecular formula is C20H18Cl2N6O4. The third-order valence-electron chi connectivity index (χ3n) is 4.39. The lowest BCUT2D eigenvalue weighted by Crippen LogP contribution is -2.18. The first-order valence-corrected chi connectivity index (χ1v) is 10.2. The number of carboxylic acid groups (broad SMARTS) is 1. The molecule has 0 spiro atoms. The number of anilines is 2. The van der Waals surface area contributed by atoms with E-state index in [2.05, 4.69) is 25.6 Å². The van der Waals surface area contributed by atoms with Gasteiger partial charge in [0.05, 0.1) is 21.3 Å². The minimum atomic E-state index is -1.15. The third kappa shape index (κ3) is 5.40. The van der Waals surface area contributed by atoms with Crippen LogP contribution >= 0.6 is 23.2 Å². The minimum absolute atomic E-state index is 0.0181. The van der Waals surface area contributed by atoms with E-state index in [4.69, 9.17) is 23.2 Å². The van der Waals surface area contributed by atoms with Gasteiger partial charge in [-0.25, -0.2) is 19.7 Å². The van der Waals surface area contributed by atoms with Crippen molar-refractivity contribution in [1.82, 2.24) is 15.0 Å². The lowest BCUT2D eigenvalue weighted by atomic mass is 10.0. The number of nitrogens with zero attached hydrogens (tertiary/aromatic N) is 4. The molecule has 2 aromatic heterocycles. The molecule has 0 aliphatic carbocycles. The Morgan fingerprint density at radius 1 is 1.16 bits per heavy atom. The van der Waals surface area contributed by atoms with Gasteiger partial charge in [-0.05, 0) is 30.7 Å². The van der Waals surface area contributed by atoms with Gasteiger partial charge in [0.1, 0.15) is 17.6 Å². The highest BCUT2D eigenvalue weighted by molar-refractivity contribution is 6.36. The fraction of sp³-hybridized carbons (Fsp3) is 0.200. The maximum absolute atomic E-state index is 11.9. The summed E-state index contributed by atoms with van der Waals surface area (Å²) in [6, 6.07) is 7.60. The van der Waals surface area contributed by atoms with Crippen molar-refractivity contribution in [3.8, 4) is 11.3 Å². The lowest BCUT2D eigenvalue weighted by molar-refractivity contribution is -0.385. The molecule has 0 saturated heterocycles. The molecule has 3 aromatic rings. The van der Waals surface area contributed by atoms with Crippen molar-refractivity contribution in [3.05, 3.63) is 67.9 Å². The van der Waals surface area contributed by atoms with Crippen molar-refractivity contribution in [2.75, 3.05) is 23.7 Å². The maximum atomic E-state index is 11.9. The highest BCUT2D eigenvalue weighted by atomic mass is 35.5. The Labute approximate surface area is 192 Å². The van der Waals surface area contributed by atoms with Gasteiger partial charge in [-0.15, -0.1) is 0 Å². The van der Waals surface area contributed by atoms with Gasteiger partial charge in [0.25, 0.3) is 5.69 Å². The van der Waals surface area contributed by atoms with Crippen LogP contribution in [0.3, 0.4) is 0 Å². The summed E-state index contributed by atoms with van der Waals surface area (Å²) in [5, 5.41) is 27.2. The standard InChI is InChI=1S/C20H18Cl2N6O4/c1-2-15-17(19(29)30)18(13-5-3-11(21)9-14(13)22)27-20(26-15)24-8-7-23-16-6-4-12(10-25-16)28(31)32/h3-6,9-10H,2,7-8H2,1H3,(H,23,25)(H,29,30)(H,24,26,27). The fourth-order valence-electron chi connectivity index (χ4n) is 2.91. The van der Waals surface area contributed by atoms with E-state index in [1.807, 2.05) is 0 Å². The van der Waals surface area contributed by atoms with Crippen LogP contribution in [-0.4, -0.2) is 44.0 Å². The predicted molar refractivity (Wildman–Crippen MR) is 122 cm³/mol. The average molecular weight is 477 g/mol. The van der Waals surface area contributed by atoms with Gasteiger partial charge in [0, 0.05) is 29.7 Å². The van der Waals surface area contributed by atoms with Gasteiger partial charge in [0.2, 0.25) is 5.95 Å². The molecule has 12 heteroatoms. The summed E-state index contributed by atoms with van der Waals surface area (Å²) >= 11 is 12.3. The summed E-state index contributed by atoms with van der Waals surface area (Å²) in [6.45, 7) is 2.59. The minimum Gasteiger partial charge on any atom is -0.478 e. The van der Waals surface area contributed by atoms with Gasteiger partial charge in [-0.2, -0.15) is 0 Å². The van der Waals surface area contributed by atoms with Gasteiger partial charge in [0.15, 0.2) is 0 Å². The molecule has 0 aliphatic heterocycles. The second-order valence-electron chi connectivity index (χ2n) is 6.51. The molecule has 166 valence electrons. The van der Waals surface area contributed by atoms with Crippen molar-refractivity contribution >= 4 is 46.6 Å². The number of pyridine rings is 1. The van der Waals surface area contributed by atoms with Crippen LogP contribution < -0.4 is 10.6 Å². The zero-order valence-corrected chi connectivity index (χ0v) is 18.3. The Bertz CT molecular complexity index is 1160. The van der Waals surface area contributed by atoms with E-state index < -0.39 is 10.9 Å². The Balaban J connectivity index is 1.79. The molecule has 0 radical (unpaired) electrons. The summed E-state index contributed by atoms with van der Waals surface area (Å²) in [5.74, 6) is -0.436. The molecule has 3 rings (SSSR count). The Morgan fingerprint density at radius 3 is 2.50 bits per heavy atom. The number of nitro groups is 1. The van der Waals surface area contributed by atoms with Crippen molar-refractivity contribution in [2.45, 2.75) is 13.3 Å². The molecule has 0 saturated carbocycles. The molecule has 32 heavy (non-hydrogen) atoms. The second kappa shape index (κ2) is 10.2. The van der Waals surface area contributed by atoms with E-state index in [9.17, 15) is 20.0 Å². The van der Waals surface area contributed by atoms with E-state index >= 15 is 0 Å². The smallest absolute Gasteiger partial charge is 0.339 e. The molecule has 0 aliphatic rings. The summed E-state index contributed by atoms with van der Waals surface area (Å²) < 4.78 is 0. The Kier molecular flexibility index (Phi) is 7.39. The van der Waals surface area contributed by atoms with Gasteiger partial charge in [-0.3, -0.25) is 10.1 Å². The first kappa shape index (κ1) is 23.2. The first-order valence-electron chi connectivity index (χ1n) is 9.48. The molecule has 0 atom stereocenters. The fourth-order valence-corrected chi connectivity index (χ4v) is 3.40. The van der Waals surface area contributed by atoms with Crippen LogP contribution in [-0.2, 0) is 6.42 Å². The number of benzene rings is 1. The zero-order valence-electron chi connectivity index (χ0n) is 16.8. The number of aromatic carboxylic acids is 1. The number of aryl methyl sites for hydroxylation is 1. The number of hydrogen-bond acceptors (Lipinski definition) is 8. The molecular weight excluding hydrogens is 459 g/mol. The van der Waals surface area contributed by atoms with E-state index in [0.717, 1.165) is 0 Å². The molecule has 2 heterocycles. The number of rotatable bonds is 9. The second-order valence-corrected chi connectivity index (χ2v) is 7.36. The number of carboxylic acids is 1. The van der Waals surface area contributed by atoms with Crippen molar-refractivity contribution in [1.29, 1.82) is 0 Å². The summed E-state index contributed by atoms with van der Waals surface area (Å²) in [6.07, 6.45) is 1.54. The van der Waals surface area contributed by atoms with Gasteiger partial charge >= 0.3 is 5.97 Å². The molecule has 3 N–H and O–H groups in total. The molecule has 0 bridgehead atoms. The van der Waals surface area contributed by atoms with Crippen LogP contribution in [0.4, 0.5) is 17.5 Å². The largest absolute Gasteiger partial charge is 0.478 e. The lowest BCUT2D eigenvalue weighted by Gasteiger charge is -2.14. The van der Waals surface area contributed by atoms with Gasteiger partial charge in [-0.1, -0.05) is 30.1 Å². The Hall–Kier alpha value is -3.50. The van der Waals surface area contributed by atoms with Crippen LogP contribution in [0.1, 0.15) is 23.0 Å². The van der Waals surface area contributed by atoms with E-state index in [1.165, 1.54) is 24.4 Å². The molecule has 0 unspecified atom stereocenters. The molecule has 0 fully saturated rings. The summed E-state index contributed by atoms with van der Waals surface area (Å²) in [7, 11) is 0. The quantitative estimate of drug-likeness (QED) is 0.230. The van der Waals surface area contributed by atoms with Crippen LogP contribution in [0.5, 0.6) is 0 Å². The van der Waals surface area contributed by atoms with Gasteiger partial charge < -0.3 is 15.7 Å². The van der Waals surface area contributed by atoms with E-state index in [0.29, 0.717) is 41.6 Å². The number of carbonyl (C=O) groups is 1. The Morgan fingerprint density at radius 2 is 1.91 bits per heavy atom. The van der Waals surface area contributed by atoms with Crippen molar-refractivity contribution in [2.24, 2.45) is 0 Å². The molecule has 0 amide bonds. The number of nitrogens with one attached hydrogen (secondary N) is 2.